The number of carbonyl (C=O) groups is 2. The summed E-state index contributed by atoms with van der Waals surface area (Å²) in [4.78, 5) is 24.8. The van der Waals surface area contributed by atoms with E-state index in [-0.39, 0.29) is 17.8 Å². The van der Waals surface area contributed by atoms with Gasteiger partial charge in [0.15, 0.2) is 0 Å². The molecule has 1 fully saturated rings. The normalized spacial score (nSPS) is 16.2. The van der Waals surface area contributed by atoms with Crippen LogP contribution in [0.1, 0.15) is 35.1 Å². The maximum absolute atomic E-state index is 13.7. The van der Waals surface area contributed by atoms with Crippen LogP contribution in [0.15, 0.2) is 41.0 Å². The van der Waals surface area contributed by atoms with Crippen molar-refractivity contribution in [1.29, 1.82) is 0 Å². The average Bonchev–Trinajstić information content (AvgIpc) is 3.42. The third kappa shape index (κ3) is 4.88. The molecule has 1 aliphatic rings. The van der Waals surface area contributed by atoms with E-state index in [1.807, 2.05) is 26.0 Å². The Kier molecular flexibility index (Phi) is 6.16. The van der Waals surface area contributed by atoms with Crippen molar-refractivity contribution < 1.29 is 31.9 Å². The predicted molar refractivity (Wildman–Crippen MR) is 117 cm³/mol. The molecule has 4 rings (SSSR count). The summed E-state index contributed by atoms with van der Waals surface area (Å²) in [5.74, 6) is -1.10. The summed E-state index contributed by atoms with van der Waals surface area (Å²) in [6.07, 6.45) is -2.86. The van der Waals surface area contributed by atoms with E-state index in [0.717, 1.165) is 35.1 Å². The molecule has 1 aliphatic heterocycles. The van der Waals surface area contributed by atoms with Gasteiger partial charge in [0.1, 0.15) is 11.7 Å². The first-order valence-electron chi connectivity index (χ1n) is 10.5. The van der Waals surface area contributed by atoms with Crippen LogP contribution in [0.3, 0.4) is 0 Å². The topological polar surface area (TPSA) is 80.6 Å². The minimum absolute atomic E-state index is 0.0208. The molecule has 0 spiro atoms. The van der Waals surface area contributed by atoms with Crippen LogP contribution >= 0.6 is 0 Å². The van der Waals surface area contributed by atoms with Crippen molar-refractivity contribution in [2.75, 3.05) is 17.2 Å². The number of ether oxygens (including phenoxy) is 1. The van der Waals surface area contributed by atoms with E-state index in [1.165, 1.54) is 12.3 Å². The fourth-order valence-electron chi connectivity index (χ4n) is 3.87. The number of halogens is 3. The number of hydrogen-bond acceptors (Lipinski definition) is 4. The molecule has 0 bridgehead atoms. The summed E-state index contributed by atoms with van der Waals surface area (Å²) in [6, 6.07) is 6.99. The number of hydrogen-bond donors (Lipinski definition) is 2. The SMILES string of the molecule is Cc1ccc2c(CC(=O)Nc3ccc(NC(=O)C4CCCO4)cc3C(F)(F)F)coc2c1C. The Morgan fingerprint density at radius 1 is 1.12 bits per heavy atom. The molecule has 2 heterocycles. The van der Waals surface area contributed by atoms with Crippen molar-refractivity contribution in [1.82, 2.24) is 0 Å². The molecule has 2 aromatic carbocycles. The van der Waals surface area contributed by atoms with Gasteiger partial charge in [-0.3, -0.25) is 9.59 Å². The first-order chi connectivity index (χ1) is 15.6. The van der Waals surface area contributed by atoms with Crippen LogP contribution in [0.5, 0.6) is 0 Å². The van der Waals surface area contributed by atoms with Crippen LogP contribution in [-0.2, 0) is 26.9 Å². The van der Waals surface area contributed by atoms with Crippen molar-refractivity contribution >= 4 is 34.2 Å². The average molecular weight is 460 g/mol. The van der Waals surface area contributed by atoms with Gasteiger partial charge >= 0.3 is 6.18 Å². The lowest BCUT2D eigenvalue weighted by atomic mass is 10.0. The van der Waals surface area contributed by atoms with Crippen molar-refractivity contribution in [3.8, 4) is 0 Å². The summed E-state index contributed by atoms with van der Waals surface area (Å²) in [7, 11) is 0. The van der Waals surface area contributed by atoms with Gasteiger partial charge in [0, 0.05) is 23.2 Å². The van der Waals surface area contributed by atoms with Crippen LogP contribution in [-0.4, -0.2) is 24.5 Å². The minimum atomic E-state index is -4.73. The number of benzene rings is 2. The second-order valence-corrected chi connectivity index (χ2v) is 8.12. The lowest BCUT2D eigenvalue weighted by Gasteiger charge is -2.16. The van der Waals surface area contributed by atoms with Gasteiger partial charge in [-0.2, -0.15) is 13.2 Å². The molecule has 0 aliphatic carbocycles. The van der Waals surface area contributed by atoms with Gasteiger partial charge < -0.3 is 19.8 Å². The van der Waals surface area contributed by atoms with Gasteiger partial charge in [0.05, 0.1) is 23.9 Å². The van der Waals surface area contributed by atoms with Gasteiger partial charge in [-0.1, -0.05) is 12.1 Å². The largest absolute Gasteiger partial charge is 0.464 e. The molecule has 1 unspecified atom stereocenters. The third-order valence-corrected chi connectivity index (χ3v) is 5.78. The van der Waals surface area contributed by atoms with E-state index in [4.69, 9.17) is 9.15 Å². The first kappa shape index (κ1) is 22.8. The quantitative estimate of drug-likeness (QED) is 0.537. The van der Waals surface area contributed by atoms with Gasteiger partial charge in [-0.25, -0.2) is 0 Å². The smallest absolute Gasteiger partial charge is 0.418 e. The predicted octanol–water partition coefficient (Wildman–Crippen LogP) is 5.37. The number of carbonyl (C=O) groups excluding carboxylic acids is 2. The zero-order chi connectivity index (χ0) is 23.8. The van der Waals surface area contributed by atoms with E-state index in [9.17, 15) is 22.8 Å². The Balaban J connectivity index is 1.52. The maximum Gasteiger partial charge on any atom is 0.418 e. The molecule has 0 saturated carbocycles. The number of aryl methyl sites for hydroxylation is 2. The number of alkyl halides is 3. The molecule has 0 radical (unpaired) electrons. The molecule has 3 aromatic rings. The van der Waals surface area contributed by atoms with Crippen molar-refractivity contribution in [2.45, 2.75) is 45.4 Å². The van der Waals surface area contributed by atoms with Crippen molar-refractivity contribution in [3.05, 3.63) is 58.8 Å². The van der Waals surface area contributed by atoms with E-state index < -0.39 is 29.7 Å². The third-order valence-electron chi connectivity index (χ3n) is 5.78. The lowest BCUT2D eigenvalue weighted by molar-refractivity contribution is -0.137. The van der Waals surface area contributed by atoms with Crippen molar-refractivity contribution in [3.63, 3.8) is 0 Å². The van der Waals surface area contributed by atoms with Crippen LogP contribution in [0.25, 0.3) is 11.0 Å². The maximum atomic E-state index is 13.7. The summed E-state index contributed by atoms with van der Waals surface area (Å²) in [6.45, 7) is 4.29. The monoisotopic (exact) mass is 460 g/mol. The number of nitrogens with one attached hydrogen (secondary N) is 2. The summed E-state index contributed by atoms with van der Waals surface area (Å²) in [5.41, 5.74) is 1.76. The van der Waals surface area contributed by atoms with Crippen LogP contribution < -0.4 is 10.6 Å². The van der Waals surface area contributed by atoms with Crippen molar-refractivity contribution in [2.24, 2.45) is 0 Å². The number of amides is 2. The molecule has 33 heavy (non-hydrogen) atoms. The molecule has 174 valence electrons. The van der Waals surface area contributed by atoms with E-state index >= 15 is 0 Å². The highest BCUT2D eigenvalue weighted by atomic mass is 19.4. The summed E-state index contributed by atoms with van der Waals surface area (Å²) in [5, 5.41) is 5.54. The zero-order valence-electron chi connectivity index (χ0n) is 18.1. The lowest BCUT2D eigenvalue weighted by Crippen LogP contribution is -2.27. The fraction of sp³-hybridized carbons (Fsp3) is 0.333. The highest BCUT2D eigenvalue weighted by Gasteiger charge is 2.35. The summed E-state index contributed by atoms with van der Waals surface area (Å²) >= 11 is 0. The highest BCUT2D eigenvalue weighted by Crippen LogP contribution is 2.37. The Labute approximate surface area is 188 Å². The number of anilines is 2. The highest BCUT2D eigenvalue weighted by molar-refractivity contribution is 5.98. The van der Waals surface area contributed by atoms with Crippen LogP contribution in [0.4, 0.5) is 24.5 Å². The van der Waals surface area contributed by atoms with E-state index in [2.05, 4.69) is 10.6 Å². The number of rotatable bonds is 5. The molecular weight excluding hydrogens is 437 g/mol. The Morgan fingerprint density at radius 2 is 1.91 bits per heavy atom. The van der Waals surface area contributed by atoms with Gasteiger partial charge in [0.2, 0.25) is 5.91 Å². The molecule has 1 saturated heterocycles. The standard InChI is InChI=1S/C24H23F3N2O4/c1-13-5-7-17-15(12-33-22(17)14(13)2)10-21(30)29-19-8-6-16(11-18(19)24(25,26)27)28-23(31)20-4-3-9-32-20/h5-8,11-12,20H,3-4,9-10H2,1-2H3,(H,28,31)(H,29,30). The molecule has 9 heteroatoms. The molecule has 2 N–H and O–H groups in total. The van der Waals surface area contributed by atoms with E-state index in [0.29, 0.717) is 24.2 Å². The molecular formula is C24H23F3N2O4. The second kappa shape index (κ2) is 8.90. The molecule has 1 atom stereocenters. The fourth-order valence-corrected chi connectivity index (χ4v) is 3.87. The first-order valence-corrected chi connectivity index (χ1v) is 10.5. The molecule has 1 aromatic heterocycles. The van der Waals surface area contributed by atoms with Gasteiger partial charge in [-0.15, -0.1) is 0 Å². The number of furan rings is 1. The Morgan fingerprint density at radius 3 is 2.61 bits per heavy atom. The minimum Gasteiger partial charge on any atom is -0.464 e. The molecule has 6 nitrogen and oxygen atoms in total. The van der Waals surface area contributed by atoms with E-state index in [1.54, 1.807) is 0 Å². The van der Waals surface area contributed by atoms with Crippen LogP contribution in [0.2, 0.25) is 0 Å². The van der Waals surface area contributed by atoms with Gasteiger partial charge in [-0.05, 0) is 56.0 Å². The summed E-state index contributed by atoms with van der Waals surface area (Å²) < 4.78 is 51.9. The Bertz CT molecular complexity index is 1210. The zero-order valence-corrected chi connectivity index (χ0v) is 18.1. The Hall–Kier alpha value is -3.33. The number of fused-ring (bicyclic) bond motifs is 1. The van der Waals surface area contributed by atoms with Gasteiger partial charge in [0.25, 0.3) is 5.91 Å². The second-order valence-electron chi connectivity index (χ2n) is 8.12. The van der Waals surface area contributed by atoms with Crippen LogP contribution in [0, 0.1) is 13.8 Å². The molecule has 2 amide bonds.